The van der Waals surface area contributed by atoms with Gasteiger partial charge in [0.2, 0.25) is 0 Å². The lowest BCUT2D eigenvalue weighted by Crippen LogP contribution is -2.36. The van der Waals surface area contributed by atoms with Gasteiger partial charge in [-0.2, -0.15) is 0 Å². The summed E-state index contributed by atoms with van der Waals surface area (Å²) < 4.78 is 6.88. The number of pyridine rings is 1. The Morgan fingerprint density at radius 2 is 2.18 bits per heavy atom. The molecule has 0 aliphatic carbocycles. The highest BCUT2D eigenvalue weighted by molar-refractivity contribution is 7.10. The van der Waals surface area contributed by atoms with E-state index < -0.39 is 0 Å². The molecule has 0 spiro atoms. The summed E-state index contributed by atoms with van der Waals surface area (Å²) in [5, 5.41) is 4.76. The first-order valence-electron chi connectivity index (χ1n) is 6.97. The third-order valence-electron chi connectivity index (χ3n) is 3.69. The molecule has 6 heteroatoms. The van der Waals surface area contributed by atoms with Crippen molar-refractivity contribution < 1.29 is 9.53 Å². The maximum Gasteiger partial charge on any atom is 0.263 e. The van der Waals surface area contributed by atoms with Crippen molar-refractivity contribution in [3.05, 3.63) is 55.6 Å². The molecule has 0 bridgehead atoms. The molecule has 0 fully saturated rings. The molecule has 0 saturated heterocycles. The van der Waals surface area contributed by atoms with E-state index in [1.54, 1.807) is 32.4 Å². The van der Waals surface area contributed by atoms with Crippen LogP contribution in [0.5, 0.6) is 0 Å². The van der Waals surface area contributed by atoms with Crippen molar-refractivity contribution in [2.75, 3.05) is 13.7 Å². The van der Waals surface area contributed by atoms with Gasteiger partial charge in [0.15, 0.2) is 0 Å². The molecule has 1 N–H and O–H groups in total. The lowest BCUT2D eigenvalue weighted by Gasteiger charge is -2.16. The zero-order valence-corrected chi connectivity index (χ0v) is 14.0. The topological polar surface area (TPSA) is 60.3 Å². The number of nitrogens with zero attached hydrogens (tertiary/aromatic N) is 1. The van der Waals surface area contributed by atoms with Crippen molar-refractivity contribution >= 4 is 17.2 Å². The average molecular weight is 320 g/mol. The van der Waals surface area contributed by atoms with Crippen LogP contribution in [0.4, 0.5) is 0 Å². The standard InChI is InChI=1S/C16H20N2O3S/c1-10-8-11(2)18(3)16(20)14(10)15(19)17-9-12(21-4)13-6-5-7-22-13/h5-8,12H,9H2,1-4H3,(H,17,19)/t12-/m0/s1. The van der Waals surface area contributed by atoms with E-state index in [1.807, 2.05) is 30.5 Å². The van der Waals surface area contributed by atoms with Gasteiger partial charge in [-0.25, -0.2) is 0 Å². The van der Waals surface area contributed by atoms with Crippen LogP contribution in [0, 0.1) is 13.8 Å². The summed E-state index contributed by atoms with van der Waals surface area (Å²) in [6.07, 6.45) is -0.210. The van der Waals surface area contributed by atoms with Gasteiger partial charge in [-0.15, -0.1) is 11.3 Å². The van der Waals surface area contributed by atoms with E-state index in [0.717, 1.165) is 10.6 Å². The number of nitrogens with one attached hydrogen (secondary N) is 1. The Morgan fingerprint density at radius 3 is 2.77 bits per heavy atom. The lowest BCUT2D eigenvalue weighted by atomic mass is 10.1. The fraction of sp³-hybridized carbons (Fsp3) is 0.375. The summed E-state index contributed by atoms with van der Waals surface area (Å²) in [5.41, 5.74) is 1.42. The van der Waals surface area contributed by atoms with Gasteiger partial charge in [0.25, 0.3) is 11.5 Å². The summed E-state index contributed by atoms with van der Waals surface area (Å²) in [7, 11) is 3.27. The third-order valence-corrected chi connectivity index (χ3v) is 4.65. The Morgan fingerprint density at radius 1 is 1.45 bits per heavy atom. The molecule has 0 saturated carbocycles. The highest BCUT2D eigenvalue weighted by atomic mass is 32.1. The molecule has 118 valence electrons. The van der Waals surface area contributed by atoms with Crippen molar-refractivity contribution in [3.63, 3.8) is 0 Å². The SMILES string of the molecule is CO[C@@H](CNC(=O)c1c(C)cc(C)n(C)c1=O)c1cccs1. The van der Waals surface area contributed by atoms with Crippen LogP contribution in [0.3, 0.4) is 0 Å². The fourth-order valence-corrected chi connectivity index (χ4v) is 3.11. The maximum atomic E-state index is 12.4. The zero-order chi connectivity index (χ0) is 16.3. The van der Waals surface area contributed by atoms with Crippen LogP contribution in [0.1, 0.15) is 32.6 Å². The molecule has 22 heavy (non-hydrogen) atoms. The highest BCUT2D eigenvalue weighted by Gasteiger charge is 2.18. The smallest absolute Gasteiger partial charge is 0.263 e. The van der Waals surface area contributed by atoms with Crippen LogP contribution in [0.2, 0.25) is 0 Å². The molecule has 0 aromatic carbocycles. The van der Waals surface area contributed by atoms with Crippen LogP contribution < -0.4 is 10.9 Å². The molecule has 1 atom stereocenters. The molecule has 2 aromatic rings. The largest absolute Gasteiger partial charge is 0.374 e. The first-order chi connectivity index (χ1) is 10.5. The molecule has 0 radical (unpaired) electrons. The highest BCUT2D eigenvalue weighted by Crippen LogP contribution is 2.21. The van der Waals surface area contributed by atoms with Crippen LogP contribution >= 0.6 is 11.3 Å². The Hall–Kier alpha value is -1.92. The first-order valence-corrected chi connectivity index (χ1v) is 7.85. The molecule has 0 aliphatic rings. The van der Waals surface area contributed by atoms with E-state index in [0.29, 0.717) is 12.1 Å². The van der Waals surface area contributed by atoms with E-state index in [-0.39, 0.29) is 23.1 Å². The maximum absolute atomic E-state index is 12.4. The predicted molar refractivity (Wildman–Crippen MR) is 87.6 cm³/mol. The third kappa shape index (κ3) is 3.28. The summed E-state index contributed by atoms with van der Waals surface area (Å²) in [5.74, 6) is -0.364. The monoisotopic (exact) mass is 320 g/mol. The van der Waals surface area contributed by atoms with Gasteiger partial charge in [-0.3, -0.25) is 9.59 Å². The van der Waals surface area contributed by atoms with Gasteiger partial charge >= 0.3 is 0 Å². The quantitative estimate of drug-likeness (QED) is 0.918. The molecule has 1 amide bonds. The number of carbonyl (C=O) groups excluding carboxylic acids is 1. The molecular formula is C16H20N2O3S. The number of rotatable bonds is 5. The Bertz CT molecular complexity index is 720. The molecule has 0 aliphatic heterocycles. The van der Waals surface area contributed by atoms with Gasteiger partial charge in [0.05, 0.1) is 0 Å². The number of amides is 1. The molecule has 2 heterocycles. The summed E-state index contributed by atoms with van der Waals surface area (Å²) in [6, 6.07) is 5.73. The minimum Gasteiger partial charge on any atom is -0.374 e. The second-order valence-corrected chi connectivity index (χ2v) is 6.14. The number of ether oxygens (including phenoxy) is 1. The number of methoxy groups -OCH3 is 1. The van der Waals surface area contributed by atoms with Crippen molar-refractivity contribution in [2.24, 2.45) is 7.05 Å². The first kappa shape index (κ1) is 16.5. The second-order valence-electron chi connectivity index (χ2n) is 5.16. The lowest BCUT2D eigenvalue weighted by molar-refractivity contribution is 0.0835. The number of thiophene rings is 1. The van der Waals surface area contributed by atoms with Crippen molar-refractivity contribution in [2.45, 2.75) is 20.0 Å². The Kier molecular flexibility index (Phi) is 5.15. The van der Waals surface area contributed by atoms with E-state index in [9.17, 15) is 9.59 Å². The van der Waals surface area contributed by atoms with E-state index >= 15 is 0 Å². The summed E-state index contributed by atoms with van der Waals surface area (Å²) >= 11 is 1.57. The fourth-order valence-electron chi connectivity index (χ4n) is 2.30. The van der Waals surface area contributed by atoms with Gasteiger partial charge < -0.3 is 14.6 Å². The van der Waals surface area contributed by atoms with Crippen molar-refractivity contribution in [1.29, 1.82) is 0 Å². The van der Waals surface area contributed by atoms with Crippen molar-refractivity contribution in [3.8, 4) is 0 Å². The zero-order valence-electron chi connectivity index (χ0n) is 13.2. The summed E-state index contributed by atoms with van der Waals surface area (Å²) in [6.45, 7) is 3.94. The number of hydrogen-bond acceptors (Lipinski definition) is 4. The molecule has 0 unspecified atom stereocenters. The van der Waals surface area contributed by atoms with Crippen LogP contribution in [0.25, 0.3) is 0 Å². The number of carbonyl (C=O) groups is 1. The van der Waals surface area contributed by atoms with E-state index in [4.69, 9.17) is 4.74 Å². The van der Waals surface area contributed by atoms with Gasteiger partial charge in [-0.1, -0.05) is 6.07 Å². The van der Waals surface area contributed by atoms with E-state index in [1.165, 1.54) is 4.57 Å². The number of aryl methyl sites for hydroxylation is 2. The van der Waals surface area contributed by atoms with Crippen LogP contribution in [0.15, 0.2) is 28.4 Å². The van der Waals surface area contributed by atoms with Crippen LogP contribution in [-0.2, 0) is 11.8 Å². The predicted octanol–water partition coefficient (Wildman–Crippen LogP) is 2.18. The van der Waals surface area contributed by atoms with Crippen molar-refractivity contribution in [1.82, 2.24) is 9.88 Å². The molecule has 2 rings (SSSR count). The average Bonchev–Trinajstić information content (AvgIpc) is 3.00. The number of hydrogen-bond donors (Lipinski definition) is 1. The normalized spacial score (nSPS) is 12.2. The summed E-state index contributed by atoms with van der Waals surface area (Å²) in [4.78, 5) is 25.7. The van der Waals surface area contributed by atoms with Gasteiger partial charge in [-0.05, 0) is 36.9 Å². The van der Waals surface area contributed by atoms with Crippen LogP contribution in [-0.4, -0.2) is 24.1 Å². The van der Waals surface area contributed by atoms with E-state index in [2.05, 4.69) is 5.32 Å². The molecule has 2 aromatic heterocycles. The number of aromatic nitrogens is 1. The minimum absolute atomic E-state index is 0.189. The Labute approximate surface area is 133 Å². The Balaban J connectivity index is 2.17. The molecule has 5 nitrogen and oxygen atoms in total. The molecular weight excluding hydrogens is 300 g/mol. The second kappa shape index (κ2) is 6.89. The van der Waals surface area contributed by atoms with Gasteiger partial charge in [0, 0.05) is 31.3 Å². The van der Waals surface area contributed by atoms with Gasteiger partial charge in [0.1, 0.15) is 11.7 Å². The minimum atomic E-state index is -0.364.